The summed E-state index contributed by atoms with van der Waals surface area (Å²) >= 11 is 0. The van der Waals surface area contributed by atoms with Gasteiger partial charge in [0.05, 0.1) is 19.8 Å². The number of morpholine rings is 1. The lowest BCUT2D eigenvalue weighted by Crippen LogP contribution is -2.56. The Morgan fingerprint density at radius 1 is 1.18 bits per heavy atom. The monoisotopic (exact) mass is 504 g/mol. The number of ether oxygens (including phenoxy) is 1. The molecule has 1 aliphatic carbocycles. The van der Waals surface area contributed by atoms with E-state index in [4.69, 9.17) is 9.73 Å². The summed E-state index contributed by atoms with van der Waals surface area (Å²) in [6, 6.07) is 1.97. The second kappa shape index (κ2) is 12.6. The molecule has 0 amide bonds. The van der Waals surface area contributed by atoms with Gasteiger partial charge in [-0.3, -0.25) is 14.6 Å². The Morgan fingerprint density at radius 3 is 2.64 bits per heavy atom. The van der Waals surface area contributed by atoms with Crippen LogP contribution in [0.4, 0.5) is 0 Å². The molecule has 2 N–H and O–H groups in total. The van der Waals surface area contributed by atoms with Crippen LogP contribution in [-0.4, -0.2) is 72.1 Å². The number of aromatic nitrogens is 2. The van der Waals surface area contributed by atoms with Gasteiger partial charge in [-0.25, -0.2) is 0 Å². The summed E-state index contributed by atoms with van der Waals surface area (Å²) in [4.78, 5) is 7.66. The summed E-state index contributed by atoms with van der Waals surface area (Å²) < 4.78 is 7.56. The second-order valence-electron chi connectivity index (χ2n) is 7.63. The first-order chi connectivity index (χ1) is 13.3. The average Bonchev–Trinajstić information content (AvgIpc) is 3.24. The van der Waals surface area contributed by atoms with Crippen molar-refractivity contribution in [2.75, 3.05) is 45.9 Å². The zero-order valence-corrected chi connectivity index (χ0v) is 19.6. The van der Waals surface area contributed by atoms with E-state index in [1.54, 1.807) is 0 Å². The molecule has 2 aliphatic rings. The molecular formula is C20H37IN6O. The fourth-order valence-corrected chi connectivity index (χ4v) is 4.27. The highest BCUT2D eigenvalue weighted by molar-refractivity contribution is 14.0. The Morgan fingerprint density at radius 2 is 1.96 bits per heavy atom. The molecule has 160 valence electrons. The van der Waals surface area contributed by atoms with Gasteiger partial charge in [0.2, 0.25) is 0 Å². The minimum Gasteiger partial charge on any atom is -0.379 e. The molecule has 1 saturated heterocycles. The maximum atomic E-state index is 5.59. The molecule has 8 heteroatoms. The third kappa shape index (κ3) is 6.88. The predicted molar refractivity (Wildman–Crippen MR) is 124 cm³/mol. The van der Waals surface area contributed by atoms with Crippen LogP contribution in [0.1, 0.15) is 45.4 Å². The van der Waals surface area contributed by atoms with E-state index in [0.717, 1.165) is 64.9 Å². The van der Waals surface area contributed by atoms with Crippen molar-refractivity contribution in [2.24, 2.45) is 4.99 Å². The Bertz CT molecular complexity index is 553. The van der Waals surface area contributed by atoms with Gasteiger partial charge in [0.1, 0.15) is 0 Å². The van der Waals surface area contributed by atoms with E-state index in [-0.39, 0.29) is 29.5 Å². The molecule has 2 fully saturated rings. The Hall–Kier alpha value is -0.870. The fourth-order valence-electron chi connectivity index (χ4n) is 4.27. The van der Waals surface area contributed by atoms with Crippen molar-refractivity contribution in [2.45, 2.75) is 57.5 Å². The van der Waals surface area contributed by atoms with Gasteiger partial charge in [0, 0.05) is 50.7 Å². The van der Waals surface area contributed by atoms with Crippen molar-refractivity contribution in [3.63, 3.8) is 0 Å². The molecule has 0 atom stereocenters. The molecule has 1 aromatic rings. The molecule has 2 heterocycles. The Balaban J connectivity index is 0.00000280. The smallest absolute Gasteiger partial charge is 0.191 e. The van der Waals surface area contributed by atoms with Gasteiger partial charge >= 0.3 is 0 Å². The van der Waals surface area contributed by atoms with Crippen molar-refractivity contribution in [3.8, 4) is 0 Å². The average molecular weight is 504 g/mol. The van der Waals surface area contributed by atoms with E-state index in [2.05, 4.69) is 27.6 Å². The first-order valence-corrected chi connectivity index (χ1v) is 10.6. The van der Waals surface area contributed by atoms with Crippen LogP contribution in [-0.2, 0) is 11.3 Å². The third-order valence-corrected chi connectivity index (χ3v) is 5.76. The number of nitrogens with one attached hydrogen (secondary N) is 2. The highest BCUT2D eigenvalue weighted by Gasteiger charge is 2.38. The topological polar surface area (TPSA) is 66.7 Å². The van der Waals surface area contributed by atoms with E-state index in [0.29, 0.717) is 0 Å². The summed E-state index contributed by atoms with van der Waals surface area (Å²) in [5.74, 6) is 0.941. The number of guanidine groups is 1. The van der Waals surface area contributed by atoms with Gasteiger partial charge in [-0.05, 0) is 32.3 Å². The van der Waals surface area contributed by atoms with E-state index in [1.807, 2.05) is 23.1 Å². The molecule has 0 spiro atoms. The summed E-state index contributed by atoms with van der Waals surface area (Å²) in [7, 11) is 0. The number of hydrogen-bond acceptors (Lipinski definition) is 4. The van der Waals surface area contributed by atoms with Gasteiger partial charge in [-0.2, -0.15) is 5.10 Å². The molecule has 1 aromatic heterocycles. The van der Waals surface area contributed by atoms with Crippen LogP contribution in [0.15, 0.2) is 23.5 Å². The summed E-state index contributed by atoms with van der Waals surface area (Å²) in [6.45, 7) is 9.52. The first kappa shape index (κ1) is 23.4. The molecule has 0 radical (unpaired) electrons. The van der Waals surface area contributed by atoms with Crippen molar-refractivity contribution in [1.82, 2.24) is 25.3 Å². The first-order valence-electron chi connectivity index (χ1n) is 10.6. The van der Waals surface area contributed by atoms with Gasteiger partial charge in [-0.1, -0.05) is 19.3 Å². The minimum atomic E-state index is 0. The number of nitrogens with zero attached hydrogens (tertiary/aromatic N) is 4. The Labute approximate surface area is 186 Å². The minimum absolute atomic E-state index is 0. The van der Waals surface area contributed by atoms with Gasteiger partial charge in [0.25, 0.3) is 0 Å². The highest BCUT2D eigenvalue weighted by atomic mass is 127. The van der Waals surface area contributed by atoms with E-state index in [1.165, 1.54) is 32.1 Å². The molecule has 0 unspecified atom stereocenters. The maximum absolute atomic E-state index is 5.59. The zero-order chi connectivity index (χ0) is 18.8. The van der Waals surface area contributed by atoms with Gasteiger partial charge < -0.3 is 15.4 Å². The molecule has 7 nitrogen and oxygen atoms in total. The van der Waals surface area contributed by atoms with Crippen LogP contribution < -0.4 is 10.6 Å². The maximum Gasteiger partial charge on any atom is 0.191 e. The number of rotatable bonds is 8. The van der Waals surface area contributed by atoms with Crippen LogP contribution in [0.3, 0.4) is 0 Å². The fraction of sp³-hybridized carbons (Fsp3) is 0.800. The van der Waals surface area contributed by atoms with Crippen LogP contribution in [0, 0.1) is 0 Å². The van der Waals surface area contributed by atoms with Gasteiger partial charge in [-0.15, -0.1) is 24.0 Å². The molecule has 0 aromatic carbocycles. The second-order valence-corrected chi connectivity index (χ2v) is 7.63. The third-order valence-electron chi connectivity index (χ3n) is 5.76. The molecule has 1 saturated carbocycles. The summed E-state index contributed by atoms with van der Waals surface area (Å²) in [5, 5.41) is 11.2. The lowest BCUT2D eigenvalue weighted by atomic mass is 9.80. The van der Waals surface area contributed by atoms with Crippen LogP contribution in [0.5, 0.6) is 0 Å². The predicted octanol–water partition coefficient (Wildman–Crippen LogP) is 2.48. The molecule has 3 rings (SSSR count). The zero-order valence-electron chi connectivity index (χ0n) is 17.2. The van der Waals surface area contributed by atoms with Crippen molar-refractivity contribution in [3.05, 3.63) is 18.5 Å². The van der Waals surface area contributed by atoms with E-state index in [9.17, 15) is 0 Å². The summed E-state index contributed by atoms with van der Waals surface area (Å²) in [5.41, 5.74) is 0.222. The summed E-state index contributed by atoms with van der Waals surface area (Å²) in [6.07, 6.45) is 11.4. The number of hydrogen-bond donors (Lipinski definition) is 2. The van der Waals surface area contributed by atoms with Crippen molar-refractivity contribution < 1.29 is 4.74 Å². The molecular weight excluding hydrogens is 467 g/mol. The molecule has 1 aliphatic heterocycles. The van der Waals surface area contributed by atoms with E-state index >= 15 is 0 Å². The van der Waals surface area contributed by atoms with Crippen molar-refractivity contribution in [1.29, 1.82) is 0 Å². The van der Waals surface area contributed by atoms with Crippen molar-refractivity contribution >= 4 is 29.9 Å². The van der Waals surface area contributed by atoms with Gasteiger partial charge in [0.15, 0.2) is 5.96 Å². The SMILES string of the molecule is CCNC(=NCC1(N2CCOCC2)CCCCC1)NCCCn1cccn1.I. The van der Waals surface area contributed by atoms with Crippen LogP contribution in [0.25, 0.3) is 0 Å². The quantitative estimate of drug-likeness (QED) is 0.247. The lowest BCUT2D eigenvalue weighted by Gasteiger charge is -2.47. The standard InChI is InChI=1S/C20H36N6O.HI/c1-2-21-19(22-10-6-12-26-13-7-11-24-26)23-18-20(8-4-3-5-9-20)25-14-16-27-17-15-25;/h7,11,13H,2-6,8-10,12,14-18H2,1H3,(H2,21,22,23);1H. The van der Waals surface area contributed by atoms with E-state index < -0.39 is 0 Å². The highest BCUT2D eigenvalue weighted by Crippen LogP contribution is 2.34. The number of aliphatic imine (C=N–C) groups is 1. The molecule has 28 heavy (non-hydrogen) atoms. The van der Waals surface area contributed by atoms with Crippen LogP contribution >= 0.6 is 24.0 Å². The largest absolute Gasteiger partial charge is 0.379 e. The normalized spacial score (nSPS) is 20.4. The lowest BCUT2D eigenvalue weighted by molar-refractivity contribution is -0.0333. The number of halogens is 1. The molecule has 0 bridgehead atoms. The number of aryl methyl sites for hydroxylation is 1. The van der Waals surface area contributed by atoms with Crippen LogP contribution in [0.2, 0.25) is 0 Å². The Kier molecular flexibility index (Phi) is 10.6.